The molecule has 1 fully saturated rings. The first-order valence-corrected chi connectivity index (χ1v) is 13.0. The first-order valence-electron chi connectivity index (χ1n) is 13.0. The summed E-state index contributed by atoms with van der Waals surface area (Å²) in [6.45, 7) is 0. The van der Waals surface area contributed by atoms with Crippen molar-refractivity contribution in [3.63, 3.8) is 0 Å². The number of amides is 2. The minimum absolute atomic E-state index is 0.0164. The van der Waals surface area contributed by atoms with E-state index in [-0.39, 0.29) is 17.7 Å². The SMILES string of the molecule is O=C(O)C(=O)Nc1ccc(CC(NC(=O)c2ccc3c(c2)nc(-c2ccoc2)n3C2CCCCC2)C(=O)O)cc1. The Labute approximate surface area is 228 Å². The normalized spacial score (nSPS) is 14.5. The molecule has 2 aromatic heterocycles. The number of fused-ring (bicyclic) bond motifs is 1. The van der Waals surface area contributed by atoms with Gasteiger partial charge in [0, 0.05) is 23.7 Å². The summed E-state index contributed by atoms with van der Waals surface area (Å²) in [7, 11) is 0. The van der Waals surface area contributed by atoms with E-state index in [1.807, 2.05) is 12.1 Å². The van der Waals surface area contributed by atoms with Crippen LogP contribution in [0.3, 0.4) is 0 Å². The molecule has 1 aliphatic rings. The highest BCUT2D eigenvalue weighted by Crippen LogP contribution is 2.36. The molecule has 2 heterocycles. The molecule has 40 heavy (non-hydrogen) atoms. The van der Waals surface area contributed by atoms with Gasteiger partial charge in [-0.05, 0) is 54.8 Å². The fourth-order valence-corrected chi connectivity index (χ4v) is 5.13. The molecule has 2 amide bonds. The van der Waals surface area contributed by atoms with Gasteiger partial charge in [-0.3, -0.25) is 9.59 Å². The van der Waals surface area contributed by atoms with Gasteiger partial charge in [0.2, 0.25) is 0 Å². The number of rotatable bonds is 8. The van der Waals surface area contributed by atoms with Gasteiger partial charge in [-0.15, -0.1) is 0 Å². The molecule has 0 spiro atoms. The fraction of sp³-hybridized carbons (Fsp3) is 0.276. The minimum Gasteiger partial charge on any atom is -0.480 e. The van der Waals surface area contributed by atoms with Crippen LogP contribution in [0.2, 0.25) is 0 Å². The summed E-state index contributed by atoms with van der Waals surface area (Å²) in [5.74, 6) is -3.77. The van der Waals surface area contributed by atoms with Crippen LogP contribution in [0.15, 0.2) is 65.5 Å². The average Bonchev–Trinajstić information content (AvgIpc) is 3.61. The van der Waals surface area contributed by atoms with Gasteiger partial charge in [-0.25, -0.2) is 14.6 Å². The van der Waals surface area contributed by atoms with Gasteiger partial charge in [0.1, 0.15) is 18.1 Å². The Kier molecular flexibility index (Phi) is 7.63. The molecule has 11 nitrogen and oxygen atoms in total. The second-order valence-corrected chi connectivity index (χ2v) is 9.84. The Bertz CT molecular complexity index is 1550. The third-order valence-electron chi connectivity index (χ3n) is 7.12. The predicted octanol–water partition coefficient (Wildman–Crippen LogP) is 4.25. The van der Waals surface area contributed by atoms with Crippen molar-refractivity contribution in [3.05, 3.63) is 72.2 Å². The van der Waals surface area contributed by atoms with Crippen LogP contribution in [-0.4, -0.2) is 49.6 Å². The summed E-state index contributed by atoms with van der Waals surface area (Å²) in [6.07, 6.45) is 8.83. The van der Waals surface area contributed by atoms with E-state index < -0.39 is 29.8 Å². The van der Waals surface area contributed by atoms with E-state index in [4.69, 9.17) is 14.5 Å². The smallest absolute Gasteiger partial charge is 0.394 e. The first kappa shape index (κ1) is 26.7. The van der Waals surface area contributed by atoms with E-state index in [1.54, 1.807) is 36.8 Å². The number of carboxylic acids is 2. The first-order chi connectivity index (χ1) is 19.3. The second kappa shape index (κ2) is 11.4. The highest BCUT2D eigenvalue weighted by Gasteiger charge is 2.25. The van der Waals surface area contributed by atoms with Gasteiger partial charge < -0.3 is 29.8 Å². The lowest BCUT2D eigenvalue weighted by Crippen LogP contribution is -2.42. The molecular weight excluding hydrogens is 516 g/mol. The van der Waals surface area contributed by atoms with E-state index in [1.165, 1.54) is 18.6 Å². The van der Waals surface area contributed by atoms with Crippen molar-refractivity contribution < 1.29 is 33.8 Å². The maximum Gasteiger partial charge on any atom is 0.394 e. The zero-order valence-corrected chi connectivity index (χ0v) is 21.5. The van der Waals surface area contributed by atoms with Crippen LogP contribution in [0.5, 0.6) is 0 Å². The molecule has 0 saturated heterocycles. The number of nitrogens with one attached hydrogen (secondary N) is 2. The van der Waals surface area contributed by atoms with Crippen molar-refractivity contribution in [1.82, 2.24) is 14.9 Å². The molecule has 0 bridgehead atoms. The number of carbonyl (C=O) groups excluding carboxylic acids is 2. The van der Waals surface area contributed by atoms with Crippen LogP contribution >= 0.6 is 0 Å². The van der Waals surface area contributed by atoms with Crippen LogP contribution in [0.25, 0.3) is 22.4 Å². The topological polar surface area (TPSA) is 164 Å². The van der Waals surface area contributed by atoms with Crippen molar-refractivity contribution in [2.75, 3.05) is 5.32 Å². The van der Waals surface area contributed by atoms with E-state index in [0.29, 0.717) is 17.1 Å². The summed E-state index contributed by atoms with van der Waals surface area (Å²) in [4.78, 5) is 51.9. The lowest BCUT2D eigenvalue weighted by molar-refractivity contribution is -0.147. The largest absolute Gasteiger partial charge is 0.480 e. The summed E-state index contributed by atoms with van der Waals surface area (Å²) in [5, 5.41) is 23.3. The highest BCUT2D eigenvalue weighted by atomic mass is 16.4. The number of furan rings is 1. The quantitative estimate of drug-likeness (QED) is 0.239. The van der Waals surface area contributed by atoms with E-state index in [9.17, 15) is 24.3 Å². The van der Waals surface area contributed by atoms with Crippen molar-refractivity contribution in [2.24, 2.45) is 0 Å². The molecule has 11 heteroatoms. The number of carbonyl (C=O) groups is 4. The average molecular weight is 545 g/mol. The molecule has 1 saturated carbocycles. The van der Waals surface area contributed by atoms with Gasteiger partial charge >= 0.3 is 17.8 Å². The predicted molar refractivity (Wildman–Crippen MR) is 145 cm³/mol. The van der Waals surface area contributed by atoms with Crippen LogP contribution < -0.4 is 10.6 Å². The van der Waals surface area contributed by atoms with Gasteiger partial charge in [0.05, 0.1) is 22.9 Å². The van der Waals surface area contributed by atoms with Crippen molar-refractivity contribution in [1.29, 1.82) is 0 Å². The van der Waals surface area contributed by atoms with E-state index >= 15 is 0 Å². The number of benzene rings is 2. The third-order valence-corrected chi connectivity index (χ3v) is 7.12. The lowest BCUT2D eigenvalue weighted by Gasteiger charge is -2.25. The van der Waals surface area contributed by atoms with E-state index in [2.05, 4.69) is 15.2 Å². The second-order valence-electron chi connectivity index (χ2n) is 9.84. The monoisotopic (exact) mass is 544 g/mol. The number of aromatic nitrogens is 2. The maximum atomic E-state index is 13.1. The Morgan fingerprint density at radius 1 is 1.00 bits per heavy atom. The molecule has 4 N–H and O–H groups in total. The summed E-state index contributed by atoms with van der Waals surface area (Å²) >= 11 is 0. The summed E-state index contributed by atoms with van der Waals surface area (Å²) < 4.78 is 7.53. The third kappa shape index (κ3) is 5.73. The van der Waals surface area contributed by atoms with Gasteiger partial charge in [-0.2, -0.15) is 0 Å². The van der Waals surface area contributed by atoms with Crippen molar-refractivity contribution >= 4 is 40.5 Å². The molecule has 206 valence electrons. The van der Waals surface area contributed by atoms with Crippen LogP contribution in [0, 0.1) is 0 Å². The van der Waals surface area contributed by atoms with Gasteiger partial charge in [-0.1, -0.05) is 31.4 Å². The zero-order chi connectivity index (χ0) is 28.2. The number of aliphatic carboxylic acids is 2. The number of imidazole rings is 1. The highest BCUT2D eigenvalue weighted by molar-refractivity contribution is 6.36. The number of nitrogens with zero attached hydrogens (tertiary/aromatic N) is 2. The molecule has 1 atom stereocenters. The number of carboxylic acid groups (broad SMARTS) is 2. The standard InChI is InChI=1S/C29H28N4O7/c34-26(32-23(28(36)37)14-17-6-9-20(10-7-17)30-27(35)29(38)39)18-8-11-24-22(15-18)31-25(19-12-13-40-16-19)33(24)21-4-2-1-3-5-21/h6-13,15-16,21,23H,1-5,14H2,(H,30,35)(H,32,34)(H,36,37)(H,38,39). The fourth-order valence-electron chi connectivity index (χ4n) is 5.13. The Morgan fingerprint density at radius 3 is 2.40 bits per heavy atom. The number of anilines is 1. The van der Waals surface area contributed by atoms with Crippen LogP contribution in [0.4, 0.5) is 5.69 Å². The lowest BCUT2D eigenvalue weighted by atomic mass is 9.95. The van der Waals surface area contributed by atoms with Crippen LogP contribution in [0.1, 0.15) is 54.1 Å². The Hall–Kier alpha value is -4.93. The number of hydrogen-bond acceptors (Lipinski definition) is 6. The zero-order valence-electron chi connectivity index (χ0n) is 21.5. The summed E-state index contributed by atoms with van der Waals surface area (Å²) in [6, 6.07) is 12.2. The Morgan fingerprint density at radius 2 is 1.75 bits per heavy atom. The molecule has 2 aromatic carbocycles. The molecule has 1 aliphatic carbocycles. The van der Waals surface area contributed by atoms with Crippen molar-refractivity contribution in [2.45, 2.75) is 50.6 Å². The van der Waals surface area contributed by atoms with Crippen molar-refractivity contribution in [3.8, 4) is 11.4 Å². The molecule has 4 aromatic rings. The van der Waals surface area contributed by atoms with Crippen LogP contribution in [-0.2, 0) is 20.8 Å². The molecule has 0 radical (unpaired) electrons. The number of hydrogen-bond donors (Lipinski definition) is 4. The molecule has 5 rings (SSSR count). The molecule has 1 unspecified atom stereocenters. The molecular formula is C29H28N4O7. The van der Waals surface area contributed by atoms with E-state index in [0.717, 1.165) is 42.6 Å². The van der Waals surface area contributed by atoms with Gasteiger partial charge in [0.25, 0.3) is 5.91 Å². The maximum absolute atomic E-state index is 13.1. The molecule has 0 aliphatic heterocycles. The van der Waals surface area contributed by atoms with Gasteiger partial charge in [0.15, 0.2) is 0 Å². The minimum atomic E-state index is -1.62. The summed E-state index contributed by atoms with van der Waals surface area (Å²) in [5.41, 5.74) is 3.52. The Balaban J connectivity index is 1.35.